The van der Waals surface area contributed by atoms with Crippen LogP contribution in [0.1, 0.15) is 85.1 Å². The van der Waals surface area contributed by atoms with Crippen LogP contribution in [0.15, 0.2) is 47.7 Å². The molecule has 0 radical (unpaired) electrons. The van der Waals surface area contributed by atoms with Crippen molar-refractivity contribution in [3.8, 4) is 11.8 Å². The van der Waals surface area contributed by atoms with Crippen LogP contribution in [0.3, 0.4) is 0 Å². The summed E-state index contributed by atoms with van der Waals surface area (Å²) >= 11 is 0. The third-order valence-corrected chi connectivity index (χ3v) is 12.9. The Hall–Kier alpha value is -5.97. The van der Waals surface area contributed by atoms with Gasteiger partial charge in [-0.15, -0.1) is 0 Å². The number of carbonyl (C=O) groups excluding carboxylic acids is 3. The van der Waals surface area contributed by atoms with Gasteiger partial charge in [-0.1, -0.05) is 17.9 Å². The lowest BCUT2D eigenvalue weighted by atomic mass is 9.85. The number of nitrogens with one attached hydrogen (secondary N) is 2. The second-order valence-corrected chi connectivity index (χ2v) is 16.7. The van der Waals surface area contributed by atoms with Crippen LogP contribution in [0.4, 0.5) is 20.3 Å². The van der Waals surface area contributed by atoms with Crippen LogP contribution in [0, 0.1) is 17.8 Å². The predicted octanol–water partition coefficient (Wildman–Crippen LogP) is 3.21. The van der Waals surface area contributed by atoms with Crippen LogP contribution < -0.4 is 21.2 Å². The Morgan fingerprint density at radius 1 is 1.07 bits per heavy atom. The number of aromatic nitrogens is 7. The van der Waals surface area contributed by atoms with Crippen molar-refractivity contribution in [1.29, 1.82) is 0 Å². The van der Waals surface area contributed by atoms with Gasteiger partial charge >= 0.3 is 5.69 Å². The minimum atomic E-state index is -2.88. The number of aryl methyl sites for hydroxylation is 1. The smallest absolute Gasteiger partial charge is 0.329 e. The first-order valence-electron chi connectivity index (χ1n) is 20.9. The molecule has 1 aromatic carbocycles. The van der Waals surface area contributed by atoms with Crippen molar-refractivity contribution in [2.75, 3.05) is 49.6 Å². The highest BCUT2D eigenvalue weighted by Gasteiger charge is 2.40. The number of carbonyl (C=O) groups is 3. The number of nitrogens with zero attached hydrogens (tertiary/aromatic N) is 9. The molecule has 4 aromatic heterocycles. The van der Waals surface area contributed by atoms with Gasteiger partial charge in [0, 0.05) is 52.0 Å². The molecular formula is C42H45F2N11O6. The Labute approximate surface area is 347 Å². The molecule has 4 saturated heterocycles. The molecule has 4 aliphatic heterocycles. The van der Waals surface area contributed by atoms with Gasteiger partial charge in [0.2, 0.25) is 11.8 Å². The number of imidazole rings is 1. The summed E-state index contributed by atoms with van der Waals surface area (Å²) in [4.78, 5) is 60.6. The molecule has 2 unspecified atom stereocenters. The van der Waals surface area contributed by atoms with Gasteiger partial charge in [-0.3, -0.25) is 38.4 Å². The van der Waals surface area contributed by atoms with Crippen LogP contribution >= 0.6 is 0 Å². The summed E-state index contributed by atoms with van der Waals surface area (Å²) in [5.41, 5.74) is 1.49. The van der Waals surface area contributed by atoms with Crippen molar-refractivity contribution in [1.82, 2.24) is 43.7 Å². The zero-order valence-electron chi connectivity index (χ0n) is 33.5. The van der Waals surface area contributed by atoms with E-state index in [0.29, 0.717) is 47.9 Å². The second kappa shape index (κ2) is 15.8. The highest BCUT2D eigenvalue weighted by molar-refractivity contribution is 6.08. The lowest BCUT2D eigenvalue weighted by Gasteiger charge is -2.36. The first kappa shape index (κ1) is 39.2. The van der Waals surface area contributed by atoms with Gasteiger partial charge in [0.05, 0.1) is 59.9 Å². The molecule has 5 aromatic rings. The SMILES string of the molecule is Cn1c(=O)n(C2CCC(=O)NC2=O)c2cccc(C#CC3CN(C[C@H]4CC[C@H](n5cc(NC(=O)c6cnn7ccc(N8C[C@H]9C[C@@H]8CO9)nc67)c(C(F)F)n5)CC4)CCO3)c21. The first-order valence-corrected chi connectivity index (χ1v) is 20.9. The number of imide groups is 1. The van der Waals surface area contributed by atoms with Gasteiger partial charge < -0.3 is 19.7 Å². The summed E-state index contributed by atoms with van der Waals surface area (Å²) in [7, 11) is 1.65. The molecule has 2 N–H and O–H groups in total. The third kappa shape index (κ3) is 7.35. The monoisotopic (exact) mass is 837 g/mol. The Morgan fingerprint density at radius 2 is 1.92 bits per heavy atom. The summed E-state index contributed by atoms with van der Waals surface area (Å²) in [5.74, 6) is 6.19. The van der Waals surface area contributed by atoms with Crippen molar-refractivity contribution in [2.45, 2.75) is 81.7 Å². The molecule has 61 heavy (non-hydrogen) atoms. The number of ether oxygens (including phenoxy) is 2. The van der Waals surface area contributed by atoms with Crippen molar-refractivity contribution in [2.24, 2.45) is 13.0 Å². The molecule has 318 valence electrons. The van der Waals surface area contributed by atoms with Gasteiger partial charge in [-0.25, -0.2) is 23.1 Å². The normalized spacial score (nSPS) is 25.7. The van der Waals surface area contributed by atoms with Crippen molar-refractivity contribution < 1.29 is 32.6 Å². The Bertz CT molecular complexity index is 2670. The van der Waals surface area contributed by atoms with Gasteiger partial charge in [-0.05, 0) is 62.6 Å². The summed E-state index contributed by atoms with van der Waals surface area (Å²) in [5, 5.41) is 13.6. The highest BCUT2D eigenvalue weighted by atomic mass is 19.3. The van der Waals surface area contributed by atoms with E-state index in [-0.39, 0.29) is 60.0 Å². The average Bonchev–Trinajstić information content (AvgIpc) is 4.11. The molecule has 17 nitrogen and oxygen atoms in total. The maximum atomic E-state index is 14.3. The summed E-state index contributed by atoms with van der Waals surface area (Å²) in [6, 6.07) is 6.64. The number of morpholine rings is 2. The average molecular weight is 838 g/mol. The quantitative estimate of drug-likeness (QED) is 0.174. The Kier molecular flexibility index (Phi) is 10.2. The molecule has 8 heterocycles. The zero-order chi connectivity index (χ0) is 41.9. The summed E-state index contributed by atoms with van der Waals surface area (Å²) < 4.78 is 46.4. The fraction of sp³-hybridized carbons (Fsp3) is 0.500. The number of halogens is 2. The number of benzene rings is 1. The van der Waals surface area contributed by atoms with E-state index in [4.69, 9.17) is 14.5 Å². The molecule has 19 heteroatoms. The maximum absolute atomic E-state index is 14.3. The van der Waals surface area contributed by atoms with Crippen LogP contribution in [0.2, 0.25) is 0 Å². The minimum Gasteiger partial charge on any atom is -0.374 e. The number of fused-ring (bicyclic) bond motifs is 4. The molecule has 0 spiro atoms. The first-order chi connectivity index (χ1) is 29.6. The van der Waals surface area contributed by atoms with Gasteiger partial charge in [-0.2, -0.15) is 10.2 Å². The number of piperidine rings is 1. The maximum Gasteiger partial charge on any atom is 0.329 e. The third-order valence-electron chi connectivity index (χ3n) is 12.9. The molecular weight excluding hydrogens is 793 g/mol. The summed E-state index contributed by atoms with van der Waals surface area (Å²) in [6.07, 6.45) is 6.20. The van der Waals surface area contributed by atoms with E-state index < -0.39 is 30.0 Å². The van der Waals surface area contributed by atoms with E-state index in [2.05, 4.69) is 42.5 Å². The number of alkyl halides is 2. The van der Waals surface area contributed by atoms with Crippen molar-refractivity contribution in [3.05, 3.63) is 70.2 Å². The van der Waals surface area contributed by atoms with E-state index in [1.807, 2.05) is 12.1 Å². The van der Waals surface area contributed by atoms with Crippen LogP contribution in [0.25, 0.3) is 16.7 Å². The molecule has 5 aliphatic rings. The molecule has 3 amide bonds. The van der Waals surface area contributed by atoms with Gasteiger partial charge in [0.1, 0.15) is 23.5 Å². The number of amides is 3. The lowest BCUT2D eigenvalue weighted by Crippen LogP contribution is -2.44. The van der Waals surface area contributed by atoms with Crippen molar-refractivity contribution in [3.63, 3.8) is 0 Å². The molecule has 1 saturated carbocycles. The van der Waals surface area contributed by atoms with Gasteiger partial charge in [0.15, 0.2) is 11.3 Å². The van der Waals surface area contributed by atoms with E-state index in [9.17, 15) is 28.0 Å². The fourth-order valence-electron chi connectivity index (χ4n) is 9.74. The Morgan fingerprint density at radius 3 is 2.69 bits per heavy atom. The van der Waals surface area contributed by atoms with Crippen LogP contribution in [-0.4, -0.2) is 114 Å². The molecule has 2 bridgehead atoms. The van der Waals surface area contributed by atoms with Crippen molar-refractivity contribution >= 4 is 45.9 Å². The van der Waals surface area contributed by atoms with E-state index >= 15 is 0 Å². The molecule has 4 atom stereocenters. The second-order valence-electron chi connectivity index (χ2n) is 16.7. The topological polar surface area (TPSA) is 175 Å². The van der Waals surface area contributed by atoms with E-state index in [1.54, 1.807) is 30.1 Å². The number of rotatable bonds is 8. The standard InChI is InChI=1S/C42H45F2N11O6/c1-50-37-25(3-2-4-32(37)55(42(50)59)33-11-12-35(56)48-41(33)58)7-10-28-20-51(15-16-60-28)19-24-5-8-26(9-6-24)54-22-31(36(49-54)38(43)44)46-40(57)30-18-45-53-14-13-34(47-39(30)53)52-21-29-17-27(52)23-61-29/h2-4,13-14,18,22,24,26-29,33,38H,5-6,8-9,11-12,15-17,19-21,23H2,1H3,(H,46,57)(H,48,56,58)/t24-,26-,27-,28?,29-,33?/m1/s1. The molecule has 1 aliphatic carbocycles. The van der Waals surface area contributed by atoms with E-state index in [1.165, 1.54) is 26.0 Å². The highest BCUT2D eigenvalue weighted by Crippen LogP contribution is 2.36. The fourth-order valence-corrected chi connectivity index (χ4v) is 9.74. The Balaban J connectivity index is 0.768. The molecule has 5 fully saturated rings. The van der Waals surface area contributed by atoms with E-state index in [0.717, 1.165) is 57.6 Å². The minimum absolute atomic E-state index is 0.0301. The number of hydrogen-bond acceptors (Lipinski definition) is 11. The lowest BCUT2D eigenvalue weighted by molar-refractivity contribution is -0.135. The van der Waals surface area contributed by atoms with Crippen LogP contribution in [0.5, 0.6) is 0 Å². The number of hydrogen-bond donors (Lipinski definition) is 2. The van der Waals surface area contributed by atoms with Crippen LogP contribution in [-0.2, 0) is 26.1 Å². The summed E-state index contributed by atoms with van der Waals surface area (Å²) in [6.45, 7) is 4.09. The molecule has 10 rings (SSSR count). The zero-order valence-corrected chi connectivity index (χ0v) is 33.5. The predicted molar refractivity (Wildman–Crippen MR) is 216 cm³/mol. The number of anilines is 2. The van der Waals surface area contributed by atoms with Gasteiger partial charge in [0.25, 0.3) is 12.3 Å². The number of para-hydroxylation sites is 1. The largest absolute Gasteiger partial charge is 0.374 e.